The number of fused-ring (bicyclic) bond motifs is 1. The van der Waals surface area contributed by atoms with Gasteiger partial charge in [0.2, 0.25) is 5.82 Å². The van der Waals surface area contributed by atoms with Crippen LogP contribution in [0.2, 0.25) is 0 Å². The Labute approximate surface area is 131 Å². The number of nitrogens with zero attached hydrogens (tertiary/aromatic N) is 3. The highest BCUT2D eigenvalue weighted by molar-refractivity contribution is 6.16. The third kappa shape index (κ3) is 2.66. The van der Waals surface area contributed by atoms with Crippen molar-refractivity contribution in [2.24, 2.45) is 0 Å². The summed E-state index contributed by atoms with van der Waals surface area (Å²) in [7, 11) is 0. The third-order valence-corrected chi connectivity index (χ3v) is 3.23. The van der Waals surface area contributed by atoms with Crippen LogP contribution in [0.4, 0.5) is 23.4 Å². The molecular weight excluding hydrogens is 332 g/mol. The Morgan fingerprint density at radius 2 is 1.88 bits per heavy atom. The number of rotatable bonds is 2. The number of amides is 2. The number of carbonyl (C=O) groups excluding carboxylic acids is 2. The van der Waals surface area contributed by atoms with Gasteiger partial charge in [0.1, 0.15) is 5.82 Å². The maximum Gasteiger partial charge on any atom is 0.451 e. The molecule has 1 aliphatic heterocycles. The number of hydrogen-bond donors (Lipinski definition) is 1. The van der Waals surface area contributed by atoms with Crippen LogP contribution in [0.15, 0.2) is 29.8 Å². The minimum absolute atomic E-state index is 0.104. The largest absolute Gasteiger partial charge is 0.451 e. The molecule has 1 aromatic carbocycles. The number of hydrogen-bond acceptors (Lipinski definition) is 5. The van der Waals surface area contributed by atoms with Crippen molar-refractivity contribution in [3.8, 4) is 0 Å². The second-order valence-electron chi connectivity index (χ2n) is 4.97. The summed E-state index contributed by atoms with van der Waals surface area (Å²) >= 11 is 0. The van der Waals surface area contributed by atoms with Crippen molar-refractivity contribution in [3.05, 3.63) is 41.5 Å². The molecule has 0 radical (unpaired) electrons. The van der Waals surface area contributed by atoms with Crippen LogP contribution in [0.5, 0.6) is 0 Å². The van der Waals surface area contributed by atoms with Crippen molar-refractivity contribution >= 4 is 28.5 Å². The number of halogens is 4. The summed E-state index contributed by atoms with van der Waals surface area (Å²) in [6, 6.07) is 2.89. The first-order chi connectivity index (χ1) is 11.2. The van der Waals surface area contributed by atoms with Gasteiger partial charge >= 0.3 is 6.18 Å². The van der Waals surface area contributed by atoms with E-state index in [1.165, 1.54) is 6.92 Å². The summed E-state index contributed by atoms with van der Waals surface area (Å²) in [5, 5.41) is 0.399. The summed E-state index contributed by atoms with van der Waals surface area (Å²) in [6.45, 7) is 1.38. The predicted molar refractivity (Wildman–Crippen MR) is 73.7 cm³/mol. The van der Waals surface area contributed by atoms with Gasteiger partial charge in [-0.25, -0.2) is 14.4 Å². The molecule has 124 valence electrons. The lowest BCUT2D eigenvalue weighted by Crippen LogP contribution is -2.37. The lowest BCUT2D eigenvalue weighted by atomic mass is 10.2. The summed E-state index contributed by atoms with van der Waals surface area (Å²) in [4.78, 5) is 30.2. The standard InChI is InChI=1S/C14H8F4N4O2/c1-6-4-10(23)22(12(6)24)21-11-8-5-7(15)2-3-9(8)19-13(20-11)14(16,17)18/h2-5H,1H3,(H,19,20,21). The summed E-state index contributed by atoms with van der Waals surface area (Å²) in [5.74, 6) is -4.22. The van der Waals surface area contributed by atoms with Crippen LogP contribution in [0.3, 0.4) is 0 Å². The molecule has 2 aromatic rings. The van der Waals surface area contributed by atoms with Gasteiger partial charge in [-0.05, 0) is 25.1 Å². The van der Waals surface area contributed by atoms with Crippen LogP contribution in [0.25, 0.3) is 10.9 Å². The quantitative estimate of drug-likeness (QED) is 0.671. The van der Waals surface area contributed by atoms with E-state index in [0.29, 0.717) is 5.01 Å². The molecule has 6 nitrogen and oxygen atoms in total. The fourth-order valence-electron chi connectivity index (χ4n) is 2.11. The van der Waals surface area contributed by atoms with Gasteiger partial charge in [-0.2, -0.15) is 18.2 Å². The molecule has 0 fully saturated rings. The number of benzene rings is 1. The molecule has 1 aromatic heterocycles. The number of nitrogens with one attached hydrogen (secondary N) is 1. The van der Waals surface area contributed by atoms with E-state index in [-0.39, 0.29) is 16.5 Å². The second-order valence-corrected chi connectivity index (χ2v) is 4.97. The molecule has 0 saturated heterocycles. The Morgan fingerprint density at radius 3 is 2.46 bits per heavy atom. The molecule has 1 N–H and O–H groups in total. The molecule has 3 rings (SSSR count). The first kappa shape index (κ1) is 15.8. The van der Waals surface area contributed by atoms with Crippen LogP contribution >= 0.6 is 0 Å². The maximum atomic E-state index is 13.4. The molecule has 0 spiro atoms. The SMILES string of the molecule is CC1=CC(=O)N(Nc2nc(C(F)(F)F)nc3ccc(F)cc23)C1=O. The average Bonchev–Trinajstić information content (AvgIpc) is 2.73. The second kappa shape index (κ2) is 5.25. The molecular formula is C14H8F4N4O2. The van der Waals surface area contributed by atoms with E-state index in [4.69, 9.17) is 0 Å². The molecule has 2 amide bonds. The van der Waals surface area contributed by atoms with Gasteiger partial charge in [0, 0.05) is 17.0 Å². The van der Waals surface area contributed by atoms with Crippen LogP contribution < -0.4 is 5.43 Å². The summed E-state index contributed by atoms with van der Waals surface area (Å²) in [6.07, 6.45) is -3.84. The number of hydrazine groups is 1. The smallest absolute Gasteiger partial charge is 0.271 e. The van der Waals surface area contributed by atoms with Crippen molar-refractivity contribution in [3.63, 3.8) is 0 Å². The minimum Gasteiger partial charge on any atom is -0.271 e. The van der Waals surface area contributed by atoms with Crippen molar-refractivity contribution < 1.29 is 27.2 Å². The number of alkyl halides is 3. The van der Waals surface area contributed by atoms with Crippen LogP contribution in [0.1, 0.15) is 12.7 Å². The third-order valence-electron chi connectivity index (χ3n) is 3.23. The lowest BCUT2D eigenvalue weighted by Gasteiger charge is -2.18. The Hall–Kier alpha value is -3.04. The Morgan fingerprint density at radius 1 is 1.17 bits per heavy atom. The zero-order valence-corrected chi connectivity index (χ0v) is 12.0. The van der Waals surface area contributed by atoms with Gasteiger partial charge in [0.15, 0.2) is 5.82 Å². The zero-order valence-electron chi connectivity index (χ0n) is 12.0. The van der Waals surface area contributed by atoms with Gasteiger partial charge < -0.3 is 0 Å². The average molecular weight is 340 g/mol. The van der Waals surface area contributed by atoms with Crippen molar-refractivity contribution in [1.82, 2.24) is 15.0 Å². The molecule has 1 aliphatic rings. The van der Waals surface area contributed by atoms with Crippen molar-refractivity contribution in [1.29, 1.82) is 0 Å². The molecule has 0 bridgehead atoms. The Bertz CT molecular complexity index is 908. The Kier molecular flexibility index (Phi) is 3.47. The highest BCUT2D eigenvalue weighted by atomic mass is 19.4. The fraction of sp³-hybridized carbons (Fsp3) is 0.143. The lowest BCUT2D eigenvalue weighted by molar-refractivity contribution is -0.144. The van der Waals surface area contributed by atoms with Gasteiger partial charge in [0.05, 0.1) is 5.52 Å². The number of aromatic nitrogens is 2. The monoisotopic (exact) mass is 340 g/mol. The normalized spacial score (nSPS) is 15.2. The molecule has 0 unspecified atom stereocenters. The highest BCUT2D eigenvalue weighted by Crippen LogP contribution is 2.31. The molecule has 0 saturated carbocycles. The van der Waals surface area contributed by atoms with Crippen LogP contribution in [0, 0.1) is 5.82 Å². The molecule has 0 aliphatic carbocycles. The number of carbonyl (C=O) groups is 2. The van der Waals surface area contributed by atoms with E-state index >= 15 is 0 Å². The predicted octanol–water partition coefficient (Wildman–Crippen LogP) is 2.43. The molecule has 24 heavy (non-hydrogen) atoms. The van der Waals surface area contributed by atoms with E-state index < -0.39 is 35.5 Å². The van der Waals surface area contributed by atoms with Crippen molar-refractivity contribution in [2.75, 3.05) is 5.43 Å². The van der Waals surface area contributed by atoms with Gasteiger partial charge in [-0.1, -0.05) is 0 Å². The highest BCUT2D eigenvalue weighted by Gasteiger charge is 2.36. The fourth-order valence-corrected chi connectivity index (χ4v) is 2.11. The van der Waals surface area contributed by atoms with Gasteiger partial charge in [-0.3, -0.25) is 15.0 Å². The zero-order chi connectivity index (χ0) is 17.6. The first-order valence-corrected chi connectivity index (χ1v) is 6.54. The topological polar surface area (TPSA) is 75.2 Å². The van der Waals surface area contributed by atoms with Gasteiger partial charge in [0.25, 0.3) is 11.8 Å². The molecule has 10 heteroatoms. The van der Waals surface area contributed by atoms with Crippen LogP contribution in [-0.2, 0) is 15.8 Å². The minimum atomic E-state index is -4.85. The van der Waals surface area contributed by atoms with Gasteiger partial charge in [-0.15, -0.1) is 0 Å². The van der Waals surface area contributed by atoms with E-state index in [0.717, 1.165) is 24.3 Å². The van der Waals surface area contributed by atoms with E-state index in [1.54, 1.807) is 0 Å². The first-order valence-electron chi connectivity index (χ1n) is 6.54. The van der Waals surface area contributed by atoms with E-state index in [9.17, 15) is 27.2 Å². The van der Waals surface area contributed by atoms with E-state index in [2.05, 4.69) is 15.4 Å². The Balaban J connectivity index is 2.13. The summed E-state index contributed by atoms with van der Waals surface area (Å²) in [5.41, 5.74) is 2.13. The summed E-state index contributed by atoms with van der Waals surface area (Å²) < 4.78 is 52.2. The molecule has 2 heterocycles. The van der Waals surface area contributed by atoms with Crippen LogP contribution in [-0.4, -0.2) is 26.8 Å². The maximum absolute atomic E-state index is 13.4. The van der Waals surface area contributed by atoms with E-state index in [1.807, 2.05) is 0 Å². The molecule has 0 atom stereocenters. The number of anilines is 1. The number of imide groups is 1. The van der Waals surface area contributed by atoms with Crippen molar-refractivity contribution in [2.45, 2.75) is 13.1 Å².